The van der Waals surface area contributed by atoms with Gasteiger partial charge in [0.1, 0.15) is 0 Å². The molecule has 0 radical (unpaired) electrons. The van der Waals surface area contributed by atoms with E-state index in [4.69, 9.17) is 0 Å². The van der Waals surface area contributed by atoms with Gasteiger partial charge in [0.2, 0.25) is 5.60 Å². The van der Waals surface area contributed by atoms with Gasteiger partial charge in [-0.3, -0.25) is 0 Å². The van der Waals surface area contributed by atoms with Gasteiger partial charge in [-0.1, -0.05) is 6.58 Å². The highest BCUT2D eigenvalue weighted by molar-refractivity contribution is 5.90. The number of carbonyl (C=O) groups excluding carboxylic acids is 2. The van der Waals surface area contributed by atoms with Crippen LogP contribution in [-0.2, 0) is 19.1 Å². The maximum absolute atomic E-state index is 12.2. The third-order valence-electron chi connectivity index (χ3n) is 2.01. The Bertz CT molecular complexity index is 421. The van der Waals surface area contributed by atoms with Crippen LogP contribution in [0.25, 0.3) is 0 Å². The summed E-state index contributed by atoms with van der Waals surface area (Å²) in [5, 5.41) is 0. The quantitative estimate of drug-likeness (QED) is 0.454. The van der Waals surface area contributed by atoms with Crippen LogP contribution in [0.15, 0.2) is 12.2 Å². The van der Waals surface area contributed by atoms with Crippen molar-refractivity contribution in [1.29, 1.82) is 0 Å². The monoisotopic (exact) mass is 322 g/mol. The minimum Gasteiger partial charge on any atom is -0.444 e. The molecule has 4 nitrogen and oxygen atoms in total. The van der Waals surface area contributed by atoms with E-state index in [2.05, 4.69) is 16.1 Å². The van der Waals surface area contributed by atoms with Gasteiger partial charge in [0.15, 0.2) is 0 Å². The summed E-state index contributed by atoms with van der Waals surface area (Å²) in [5.74, 6) is -3.15. The number of esters is 2. The normalized spacial score (nSPS) is 13.0. The predicted molar refractivity (Wildman–Crippen MR) is 57.0 cm³/mol. The molecule has 0 unspecified atom stereocenters. The average molecular weight is 322 g/mol. The van der Waals surface area contributed by atoms with E-state index in [0.717, 1.165) is 13.8 Å². The van der Waals surface area contributed by atoms with Crippen LogP contribution in [0.4, 0.5) is 26.3 Å². The Hall–Kier alpha value is -1.74. The molecule has 0 saturated heterocycles. The lowest BCUT2D eigenvalue weighted by Crippen LogP contribution is -2.50. The molecule has 0 amide bonds. The van der Waals surface area contributed by atoms with E-state index in [-0.39, 0.29) is 5.57 Å². The lowest BCUT2D eigenvalue weighted by molar-refractivity contribution is -0.316. The topological polar surface area (TPSA) is 52.6 Å². The van der Waals surface area contributed by atoms with Gasteiger partial charge in [-0.2, -0.15) is 26.3 Å². The van der Waals surface area contributed by atoms with Gasteiger partial charge in [0.05, 0.1) is 0 Å². The van der Waals surface area contributed by atoms with Crippen LogP contribution in [0, 0.1) is 0 Å². The summed E-state index contributed by atoms with van der Waals surface area (Å²) in [6.07, 6.45) is -16.0. The second kappa shape index (κ2) is 5.94. The van der Waals surface area contributed by atoms with Crippen molar-refractivity contribution in [3.63, 3.8) is 0 Å². The minimum absolute atomic E-state index is 0.195. The molecule has 122 valence electrons. The Morgan fingerprint density at radius 2 is 1.38 bits per heavy atom. The van der Waals surface area contributed by atoms with Gasteiger partial charge in [-0.25, -0.2) is 9.59 Å². The SMILES string of the molecule is C=C(C)C(=O)OC(C)(C)C(=O)OC(C(F)(F)F)C(F)(F)F. The van der Waals surface area contributed by atoms with Crippen molar-refractivity contribution in [2.75, 3.05) is 0 Å². The third-order valence-corrected chi connectivity index (χ3v) is 2.01. The minimum atomic E-state index is -5.84. The van der Waals surface area contributed by atoms with E-state index < -0.39 is 36.0 Å². The molecule has 0 heterocycles. The summed E-state index contributed by atoms with van der Waals surface area (Å²) >= 11 is 0. The highest BCUT2D eigenvalue weighted by atomic mass is 19.4. The van der Waals surface area contributed by atoms with E-state index in [0.29, 0.717) is 0 Å². The molecule has 0 rings (SSSR count). The first kappa shape index (κ1) is 19.3. The molecule has 0 aromatic rings. The van der Waals surface area contributed by atoms with Crippen molar-refractivity contribution in [3.05, 3.63) is 12.2 Å². The van der Waals surface area contributed by atoms with Crippen molar-refractivity contribution in [3.8, 4) is 0 Å². The number of halogens is 6. The van der Waals surface area contributed by atoms with Crippen molar-refractivity contribution < 1.29 is 45.4 Å². The summed E-state index contributed by atoms with van der Waals surface area (Å²) in [7, 11) is 0. The second-order valence-electron chi connectivity index (χ2n) is 4.55. The van der Waals surface area contributed by atoms with Crippen LogP contribution in [0.2, 0.25) is 0 Å². The number of ether oxygens (including phenoxy) is 2. The fraction of sp³-hybridized carbons (Fsp3) is 0.636. The van der Waals surface area contributed by atoms with Crippen LogP contribution < -0.4 is 0 Å². The summed E-state index contributed by atoms with van der Waals surface area (Å²) < 4.78 is 81.3. The van der Waals surface area contributed by atoms with Crippen LogP contribution in [0.1, 0.15) is 20.8 Å². The molecular formula is C11H12F6O4. The Morgan fingerprint density at radius 1 is 1.00 bits per heavy atom. The Balaban J connectivity index is 5.16. The van der Waals surface area contributed by atoms with Crippen molar-refractivity contribution >= 4 is 11.9 Å². The third kappa shape index (κ3) is 5.64. The summed E-state index contributed by atoms with van der Waals surface area (Å²) in [4.78, 5) is 22.6. The molecular weight excluding hydrogens is 310 g/mol. The van der Waals surface area contributed by atoms with Crippen LogP contribution in [0.3, 0.4) is 0 Å². The standard InChI is InChI=1S/C11H12F6O4/c1-5(2)6(18)21-9(3,4)8(19)20-7(10(12,13)14)11(15,16)17/h7H,1H2,2-4H3. The zero-order chi connectivity index (χ0) is 17.2. The van der Waals surface area contributed by atoms with Crippen molar-refractivity contribution in [2.24, 2.45) is 0 Å². The van der Waals surface area contributed by atoms with Gasteiger partial charge >= 0.3 is 24.3 Å². The predicted octanol–water partition coefficient (Wildman–Crippen LogP) is 2.92. The molecule has 0 fully saturated rings. The molecule has 0 spiro atoms. The molecule has 0 aliphatic rings. The van der Waals surface area contributed by atoms with Gasteiger partial charge in [0, 0.05) is 5.57 Å². The van der Waals surface area contributed by atoms with E-state index in [1.54, 1.807) is 0 Å². The van der Waals surface area contributed by atoms with Crippen LogP contribution in [-0.4, -0.2) is 36.0 Å². The molecule has 10 heteroatoms. The number of hydrogen-bond donors (Lipinski definition) is 0. The van der Waals surface area contributed by atoms with Gasteiger partial charge in [0.25, 0.3) is 6.10 Å². The molecule has 0 aliphatic carbocycles. The summed E-state index contributed by atoms with van der Waals surface area (Å²) in [6.45, 7) is 5.91. The largest absolute Gasteiger partial charge is 0.444 e. The van der Waals surface area contributed by atoms with E-state index in [9.17, 15) is 35.9 Å². The highest BCUT2D eigenvalue weighted by Gasteiger charge is 2.60. The fourth-order valence-electron chi connectivity index (χ4n) is 0.929. The zero-order valence-electron chi connectivity index (χ0n) is 11.2. The summed E-state index contributed by atoms with van der Waals surface area (Å²) in [6, 6.07) is 0. The van der Waals surface area contributed by atoms with Gasteiger partial charge in [-0.15, -0.1) is 0 Å². The number of rotatable bonds is 4. The lowest BCUT2D eigenvalue weighted by atomic mass is 10.1. The van der Waals surface area contributed by atoms with E-state index in [1.807, 2.05) is 0 Å². The lowest BCUT2D eigenvalue weighted by Gasteiger charge is -2.28. The fourth-order valence-corrected chi connectivity index (χ4v) is 0.929. The Kier molecular flexibility index (Phi) is 5.45. The number of carbonyl (C=O) groups is 2. The highest BCUT2D eigenvalue weighted by Crippen LogP contribution is 2.36. The molecule has 0 bridgehead atoms. The van der Waals surface area contributed by atoms with E-state index >= 15 is 0 Å². The van der Waals surface area contributed by atoms with Gasteiger partial charge < -0.3 is 9.47 Å². The van der Waals surface area contributed by atoms with E-state index in [1.165, 1.54) is 6.92 Å². The number of alkyl halides is 6. The van der Waals surface area contributed by atoms with Crippen molar-refractivity contribution in [1.82, 2.24) is 0 Å². The van der Waals surface area contributed by atoms with Crippen molar-refractivity contribution in [2.45, 2.75) is 44.8 Å². The molecule has 0 atom stereocenters. The Labute approximate surface area is 115 Å². The smallest absolute Gasteiger partial charge is 0.434 e. The van der Waals surface area contributed by atoms with Crippen LogP contribution in [0.5, 0.6) is 0 Å². The molecule has 0 saturated carbocycles. The first-order valence-electron chi connectivity index (χ1n) is 5.32. The number of hydrogen-bond acceptors (Lipinski definition) is 4. The molecule has 0 aromatic heterocycles. The molecule has 0 aromatic carbocycles. The average Bonchev–Trinajstić information content (AvgIpc) is 2.21. The first-order valence-corrected chi connectivity index (χ1v) is 5.32. The maximum atomic E-state index is 12.2. The zero-order valence-corrected chi connectivity index (χ0v) is 11.2. The van der Waals surface area contributed by atoms with Gasteiger partial charge in [-0.05, 0) is 20.8 Å². The summed E-state index contributed by atoms with van der Waals surface area (Å²) in [5.41, 5.74) is -2.54. The molecule has 0 N–H and O–H groups in total. The first-order chi connectivity index (χ1) is 9.09. The maximum Gasteiger partial charge on any atom is 0.434 e. The molecule has 0 aliphatic heterocycles. The van der Waals surface area contributed by atoms with Crippen LogP contribution >= 0.6 is 0 Å². The Morgan fingerprint density at radius 3 is 1.67 bits per heavy atom. The molecule has 21 heavy (non-hydrogen) atoms. The second-order valence-corrected chi connectivity index (χ2v) is 4.55.